The van der Waals surface area contributed by atoms with Gasteiger partial charge in [0.2, 0.25) is 0 Å². The van der Waals surface area contributed by atoms with Crippen molar-refractivity contribution in [2.75, 3.05) is 6.61 Å². The fourth-order valence-electron chi connectivity index (χ4n) is 4.23. The summed E-state index contributed by atoms with van der Waals surface area (Å²) in [5, 5.41) is 1.52. The summed E-state index contributed by atoms with van der Waals surface area (Å²) >= 11 is 6.27. The first-order valence-corrected chi connectivity index (χ1v) is 13.6. The highest BCUT2D eigenvalue weighted by atomic mass is 35.5. The molecule has 29 heavy (non-hydrogen) atoms. The molecule has 0 aromatic carbocycles. The zero-order valence-corrected chi connectivity index (χ0v) is 20.2. The summed E-state index contributed by atoms with van der Waals surface area (Å²) < 4.78 is 21.4. The Morgan fingerprint density at radius 3 is 2.62 bits per heavy atom. The van der Waals surface area contributed by atoms with Crippen molar-refractivity contribution in [1.29, 1.82) is 0 Å². The van der Waals surface area contributed by atoms with Crippen LogP contribution in [0, 0.1) is 5.92 Å². The predicted octanol–water partition coefficient (Wildman–Crippen LogP) is 5.19. The van der Waals surface area contributed by atoms with Crippen molar-refractivity contribution in [1.82, 2.24) is 14.5 Å². The second-order valence-electron chi connectivity index (χ2n) is 10.3. The molecule has 0 amide bonds. The van der Waals surface area contributed by atoms with Crippen LogP contribution in [0.1, 0.15) is 47.1 Å². The highest BCUT2D eigenvalue weighted by molar-refractivity contribution is 6.74. The van der Waals surface area contributed by atoms with Gasteiger partial charge in [-0.2, -0.15) is 0 Å². The van der Waals surface area contributed by atoms with E-state index in [1.165, 1.54) is 6.33 Å². The first-order valence-electron chi connectivity index (χ1n) is 10.4. The number of nitrogens with zero attached hydrogens (tertiary/aromatic N) is 3. The number of rotatable bonds is 4. The van der Waals surface area contributed by atoms with Gasteiger partial charge in [0.1, 0.15) is 23.2 Å². The van der Waals surface area contributed by atoms with Gasteiger partial charge >= 0.3 is 0 Å². The van der Waals surface area contributed by atoms with Crippen LogP contribution in [0.5, 0.6) is 0 Å². The number of hydrogen-bond acceptors (Lipinski definition) is 5. The molecule has 4 rings (SSSR count). The number of ether oxygens (including phenoxy) is 2. The fourth-order valence-corrected chi connectivity index (χ4v) is 5.49. The van der Waals surface area contributed by atoms with Gasteiger partial charge in [-0.15, -0.1) is 0 Å². The number of halogens is 1. The molecule has 2 aromatic rings. The zero-order chi connectivity index (χ0) is 21.2. The Hall–Kier alpha value is -0.993. The Kier molecular flexibility index (Phi) is 5.14. The van der Waals surface area contributed by atoms with E-state index in [2.05, 4.69) is 48.4 Å². The molecule has 0 spiro atoms. The minimum atomic E-state index is -1.83. The third-order valence-corrected chi connectivity index (χ3v) is 11.6. The Bertz CT molecular complexity index is 908. The van der Waals surface area contributed by atoms with Crippen LogP contribution in [0.4, 0.5) is 0 Å². The van der Waals surface area contributed by atoms with Gasteiger partial charge < -0.3 is 18.5 Å². The first-order chi connectivity index (χ1) is 13.4. The average Bonchev–Trinajstić information content (AvgIpc) is 3.24. The highest BCUT2D eigenvalue weighted by Crippen LogP contribution is 2.48. The molecule has 1 saturated carbocycles. The smallest absolute Gasteiger partial charge is 0.191 e. The molecule has 1 saturated heterocycles. The Labute approximate surface area is 179 Å². The second kappa shape index (κ2) is 7.02. The number of hydrogen-bond donors (Lipinski definition) is 0. The van der Waals surface area contributed by atoms with Crippen LogP contribution in [-0.4, -0.2) is 47.5 Å². The summed E-state index contributed by atoms with van der Waals surface area (Å²) in [7, 11) is -1.83. The number of aromatic nitrogens is 3. The van der Waals surface area contributed by atoms with Gasteiger partial charge in [0.25, 0.3) is 0 Å². The molecule has 0 unspecified atom stereocenters. The van der Waals surface area contributed by atoms with Crippen molar-refractivity contribution in [3.05, 3.63) is 23.7 Å². The highest BCUT2D eigenvalue weighted by Gasteiger charge is 2.55. The van der Waals surface area contributed by atoms with E-state index >= 15 is 0 Å². The maximum absolute atomic E-state index is 6.57. The Balaban J connectivity index is 1.62. The number of fused-ring (bicyclic) bond motifs is 2. The molecule has 1 aliphatic carbocycles. The van der Waals surface area contributed by atoms with Crippen molar-refractivity contribution in [3.63, 3.8) is 0 Å². The zero-order valence-electron chi connectivity index (χ0n) is 18.4. The van der Waals surface area contributed by atoms with Gasteiger partial charge in [-0.3, -0.25) is 0 Å². The van der Waals surface area contributed by atoms with E-state index in [0.29, 0.717) is 11.8 Å². The molecule has 3 heterocycles. The molecule has 160 valence electrons. The molecule has 2 fully saturated rings. The van der Waals surface area contributed by atoms with E-state index in [9.17, 15) is 0 Å². The first kappa shape index (κ1) is 21.2. The molecule has 2 aromatic heterocycles. The second-order valence-corrected chi connectivity index (χ2v) is 15.5. The van der Waals surface area contributed by atoms with Crippen LogP contribution in [0.3, 0.4) is 0 Å². The van der Waals surface area contributed by atoms with E-state index < -0.39 is 14.1 Å². The summed E-state index contributed by atoms with van der Waals surface area (Å²) in [6.45, 7) is 16.1. The van der Waals surface area contributed by atoms with Crippen molar-refractivity contribution < 1.29 is 13.9 Å². The average molecular weight is 438 g/mol. The van der Waals surface area contributed by atoms with Gasteiger partial charge in [-0.25, -0.2) is 9.97 Å². The van der Waals surface area contributed by atoms with E-state index in [4.69, 9.17) is 25.5 Å². The van der Waals surface area contributed by atoms with E-state index in [1.807, 2.05) is 26.1 Å². The maximum Gasteiger partial charge on any atom is 0.191 e. The van der Waals surface area contributed by atoms with Crippen LogP contribution in [-0.2, 0) is 13.9 Å². The fraction of sp³-hybridized carbons (Fsp3) is 0.714. The molecule has 8 heteroatoms. The lowest BCUT2D eigenvalue weighted by molar-refractivity contribution is -0.161. The molecule has 6 nitrogen and oxygen atoms in total. The standard InChI is InChI=1S/C21H32ClN3O3Si/c1-20(2,3)29(6,7)26-11-13-10-15(17-16(13)27-21(4,5)28-17)25-9-8-14-18(22)23-12-24-19(14)25/h8-9,12-13,15-17H,10-11H2,1-7H3/t13-,15-,16-,17+/m1/s1. The van der Waals surface area contributed by atoms with Gasteiger partial charge in [-0.1, -0.05) is 32.4 Å². The van der Waals surface area contributed by atoms with Gasteiger partial charge in [-0.05, 0) is 44.5 Å². The molecule has 1 aliphatic heterocycles. The lowest BCUT2D eigenvalue weighted by Crippen LogP contribution is -2.43. The molecule has 2 aliphatic rings. The van der Waals surface area contributed by atoms with Gasteiger partial charge in [0.05, 0.1) is 17.5 Å². The lowest BCUT2D eigenvalue weighted by atomic mass is 10.1. The normalized spacial score (nSPS) is 29.5. The van der Waals surface area contributed by atoms with Crippen molar-refractivity contribution in [3.8, 4) is 0 Å². The summed E-state index contributed by atoms with van der Waals surface area (Å²) in [5.74, 6) is -0.325. The maximum atomic E-state index is 6.57. The minimum Gasteiger partial charge on any atom is -0.416 e. The summed E-state index contributed by atoms with van der Waals surface area (Å²) in [6.07, 6.45) is 4.45. The summed E-state index contributed by atoms with van der Waals surface area (Å²) in [6, 6.07) is 2.10. The minimum absolute atomic E-state index is 0.00882. The molecular formula is C21H32ClN3O3Si. The Morgan fingerprint density at radius 2 is 1.93 bits per heavy atom. The van der Waals surface area contributed by atoms with Crippen molar-refractivity contribution in [2.45, 2.75) is 83.2 Å². The van der Waals surface area contributed by atoms with Crippen LogP contribution in [0.25, 0.3) is 11.0 Å². The summed E-state index contributed by atoms with van der Waals surface area (Å²) in [4.78, 5) is 8.59. The van der Waals surface area contributed by atoms with Crippen LogP contribution >= 0.6 is 11.6 Å². The van der Waals surface area contributed by atoms with Crippen LogP contribution in [0.2, 0.25) is 23.3 Å². The van der Waals surface area contributed by atoms with E-state index in [1.54, 1.807) is 0 Å². The molecule has 0 radical (unpaired) electrons. The predicted molar refractivity (Wildman–Crippen MR) is 117 cm³/mol. The SMILES string of the molecule is CC1(C)O[C@@H]2[C@@H](CO[Si](C)(C)C(C)(C)C)C[C@@H](n3ccc4c(Cl)ncnc43)[C@@H]2O1. The molecule has 0 bridgehead atoms. The quantitative estimate of drug-likeness (QED) is 0.486. The van der Waals surface area contributed by atoms with Gasteiger partial charge in [0.15, 0.2) is 14.1 Å². The Morgan fingerprint density at radius 1 is 1.24 bits per heavy atom. The molecule has 4 atom stereocenters. The van der Waals surface area contributed by atoms with Crippen molar-refractivity contribution in [2.24, 2.45) is 5.92 Å². The van der Waals surface area contributed by atoms with E-state index in [-0.39, 0.29) is 29.2 Å². The molecular weight excluding hydrogens is 406 g/mol. The van der Waals surface area contributed by atoms with Crippen LogP contribution < -0.4 is 0 Å². The topological polar surface area (TPSA) is 58.4 Å². The lowest BCUT2D eigenvalue weighted by Gasteiger charge is -2.37. The third-order valence-electron chi connectivity index (χ3n) is 6.83. The summed E-state index contributed by atoms with van der Waals surface area (Å²) in [5.41, 5.74) is 0.841. The van der Waals surface area contributed by atoms with Crippen molar-refractivity contribution >= 4 is 31.0 Å². The van der Waals surface area contributed by atoms with Crippen LogP contribution in [0.15, 0.2) is 18.6 Å². The van der Waals surface area contributed by atoms with E-state index in [0.717, 1.165) is 17.5 Å². The van der Waals surface area contributed by atoms with Gasteiger partial charge in [0, 0.05) is 18.7 Å². The largest absolute Gasteiger partial charge is 0.416 e. The monoisotopic (exact) mass is 437 g/mol. The third kappa shape index (κ3) is 3.76. The molecule has 0 N–H and O–H groups in total.